The highest BCUT2D eigenvalue weighted by Gasteiger charge is 2.15. The molecule has 1 aromatic carbocycles. The summed E-state index contributed by atoms with van der Waals surface area (Å²) in [5.41, 5.74) is 1.40. The first kappa shape index (κ1) is 21.3. The van der Waals surface area contributed by atoms with E-state index in [1.807, 2.05) is 12.1 Å². The van der Waals surface area contributed by atoms with Gasteiger partial charge in [0.2, 0.25) is 5.89 Å². The molecule has 9 nitrogen and oxygen atoms in total. The van der Waals surface area contributed by atoms with Crippen LogP contribution in [0.25, 0.3) is 0 Å². The SMILES string of the molecule is C=CCn1c(=O)[nH]c(C)c(Cc2nnc(SCc3ccc(C(=O)OC)cc3)o2)c1=O. The van der Waals surface area contributed by atoms with Gasteiger partial charge in [0.15, 0.2) is 0 Å². The van der Waals surface area contributed by atoms with Gasteiger partial charge in [0.25, 0.3) is 10.8 Å². The van der Waals surface area contributed by atoms with E-state index in [0.717, 1.165) is 10.1 Å². The standard InChI is InChI=1S/C20H20N4O5S/c1-4-9-24-17(25)15(12(2)21-19(24)27)10-16-22-23-20(29-16)30-11-13-5-7-14(8-6-13)18(26)28-3/h4-8H,1,9-11H2,2-3H3,(H,21,27). The number of aryl methyl sites for hydroxylation is 1. The summed E-state index contributed by atoms with van der Waals surface area (Å²) in [6, 6.07) is 7.02. The predicted molar refractivity (Wildman–Crippen MR) is 111 cm³/mol. The molecule has 156 valence electrons. The third kappa shape index (κ3) is 4.77. The van der Waals surface area contributed by atoms with Crippen LogP contribution in [-0.2, 0) is 23.5 Å². The fourth-order valence-electron chi connectivity index (χ4n) is 2.74. The summed E-state index contributed by atoms with van der Waals surface area (Å²) in [7, 11) is 1.34. The molecular weight excluding hydrogens is 408 g/mol. The number of thioether (sulfide) groups is 1. The summed E-state index contributed by atoms with van der Waals surface area (Å²) in [5.74, 6) is 0.448. The number of hydrogen-bond acceptors (Lipinski definition) is 8. The molecule has 1 N–H and O–H groups in total. The Labute approximate surface area is 175 Å². The quantitative estimate of drug-likeness (QED) is 0.329. The Bertz CT molecular complexity index is 1180. The molecule has 10 heteroatoms. The van der Waals surface area contributed by atoms with Crippen LogP contribution in [-0.4, -0.2) is 32.8 Å². The van der Waals surface area contributed by atoms with Gasteiger partial charge in [-0.1, -0.05) is 30.0 Å². The van der Waals surface area contributed by atoms with E-state index in [-0.39, 0.29) is 24.8 Å². The maximum atomic E-state index is 12.6. The van der Waals surface area contributed by atoms with Crippen LogP contribution in [0.1, 0.15) is 33.1 Å². The normalized spacial score (nSPS) is 10.7. The topological polar surface area (TPSA) is 120 Å². The fraction of sp³-hybridized carbons (Fsp3) is 0.250. The van der Waals surface area contributed by atoms with Gasteiger partial charge in [-0.3, -0.25) is 9.36 Å². The number of aromatic amines is 1. The zero-order valence-electron chi connectivity index (χ0n) is 16.5. The number of allylic oxidation sites excluding steroid dienone is 1. The minimum absolute atomic E-state index is 0.111. The monoisotopic (exact) mass is 428 g/mol. The summed E-state index contributed by atoms with van der Waals surface area (Å²) < 4.78 is 11.4. The lowest BCUT2D eigenvalue weighted by atomic mass is 10.1. The first-order valence-electron chi connectivity index (χ1n) is 8.98. The van der Waals surface area contributed by atoms with E-state index in [9.17, 15) is 14.4 Å². The van der Waals surface area contributed by atoms with E-state index < -0.39 is 11.2 Å². The van der Waals surface area contributed by atoms with Gasteiger partial charge in [0, 0.05) is 23.6 Å². The lowest BCUT2D eigenvalue weighted by Crippen LogP contribution is -2.37. The Morgan fingerprint density at radius 3 is 2.70 bits per heavy atom. The number of H-pyrrole nitrogens is 1. The van der Waals surface area contributed by atoms with Gasteiger partial charge in [0.1, 0.15) is 0 Å². The number of rotatable bonds is 8. The van der Waals surface area contributed by atoms with E-state index in [4.69, 9.17) is 4.42 Å². The summed E-state index contributed by atoms with van der Waals surface area (Å²) in [6.45, 7) is 5.33. The molecule has 0 amide bonds. The number of esters is 1. The van der Waals surface area contributed by atoms with Crippen molar-refractivity contribution < 1.29 is 13.9 Å². The minimum Gasteiger partial charge on any atom is -0.465 e. The van der Waals surface area contributed by atoms with E-state index in [2.05, 4.69) is 26.5 Å². The molecule has 0 spiro atoms. The van der Waals surface area contributed by atoms with Crippen LogP contribution in [0, 0.1) is 6.92 Å². The molecule has 2 heterocycles. The number of carbonyl (C=O) groups excluding carboxylic acids is 1. The number of benzene rings is 1. The molecule has 0 aliphatic carbocycles. The first-order valence-corrected chi connectivity index (χ1v) is 9.97. The molecule has 3 rings (SSSR count). The van der Waals surface area contributed by atoms with Crippen molar-refractivity contribution in [2.45, 2.75) is 30.9 Å². The molecule has 3 aromatic rings. The van der Waals surface area contributed by atoms with Gasteiger partial charge in [-0.2, -0.15) is 0 Å². The average molecular weight is 428 g/mol. The highest BCUT2D eigenvalue weighted by atomic mass is 32.2. The van der Waals surface area contributed by atoms with E-state index >= 15 is 0 Å². The van der Waals surface area contributed by atoms with Crippen molar-refractivity contribution in [2.24, 2.45) is 0 Å². The van der Waals surface area contributed by atoms with Crippen LogP contribution in [0.3, 0.4) is 0 Å². The van der Waals surface area contributed by atoms with E-state index in [1.165, 1.54) is 24.9 Å². The second kappa shape index (κ2) is 9.40. The molecule has 30 heavy (non-hydrogen) atoms. The summed E-state index contributed by atoms with van der Waals surface area (Å²) in [6.07, 6.45) is 1.59. The van der Waals surface area contributed by atoms with Gasteiger partial charge in [-0.25, -0.2) is 9.59 Å². The molecule has 2 aromatic heterocycles. The zero-order valence-corrected chi connectivity index (χ0v) is 17.3. The molecule has 0 fully saturated rings. The summed E-state index contributed by atoms with van der Waals surface area (Å²) >= 11 is 1.34. The van der Waals surface area contributed by atoms with Crippen LogP contribution < -0.4 is 11.2 Å². The Kier molecular flexibility index (Phi) is 6.68. The van der Waals surface area contributed by atoms with Gasteiger partial charge in [-0.15, -0.1) is 16.8 Å². The number of nitrogens with zero attached hydrogens (tertiary/aromatic N) is 3. The van der Waals surface area contributed by atoms with Crippen molar-refractivity contribution in [2.75, 3.05) is 7.11 Å². The smallest absolute Gasteiger partial charge is 0.337 e. The lowest BCUT2D eigenvalue weighted by Gasteiger charge is -2.06. The molecule has 0 saturated heterocycles. The Hall–Kier alpha value is -3.40. The molecular formula is C20H20N4O5S. The van der Waals surface area contributed by atoms with Crippen LogP contribution in [0.2, 0.25) is 0 Å². The number of methoxy groups -OCH3 is 1. The third-order valence-corrected chi connectivity index (χ3v) is 5.21. The van der Waals surface area contributed by atoms with Crippen molar-refractivity contribution in [3.05, 3.63) is 86.0 Å². The molecule has 0 bridgehead atoms. The molecule has 0 aliphatic rings. The number of aromatic nitrogens is 4. The lowest BCUT2D eigenvalue weighted by molar-refractivity contribution is 0.0600. The molecule has 0 unspecified atom stereocenters. The molecule has 0 radical (unpaired) electrons. The Balaban J connectivity index is 1.69. The van der Waals surface area contributed by atoms with Crippen molar-refractivity contribution in [3.8, 4) is 0 Å². The van der Waals surface area contributed by atoms with Crippen molar-refractivity contribution in [1.29, 1.82) is 0 Å². The van der Waals surface area contributed by atoms with Crippen LogP contribution in [0.15, 0.2) is 56.1 Å². The number of hydrogen-bond donors (Lipinski definition) is 1. The van der Waals surface area contributed by atoms with E-state index in [1.54, 1.807) is 19.1 Å². The van der Waals surface area contributed by atoms with Gasteiger partial charge >= 0.3 is 11.7 Å². The van der Waals surface area contributed by atoms with Crippen molar-refractivity contribution >= 4 is 17.7 Å². The van der Waals surface area contributed by atoms with Crippen LogP contribution in [0.5, 0.6) is 0 Å². The highest BCUT2D eigenvalue weighted by molar-refractivity contribution is 7.98. The van der Waals surface area contributed by atoms with Crippen LogP contribution in [0.4, 0.5) is 0 Å². The Morgan fingerprint density at radius 2 is 2.03 bits per heavy atom. The molecule has 0 saturated carbocycles. The van der Waals surface area contributed by atoms with Crippen molar-refractivity contribution in [3.63, 3.8) is 0 Å². The minimum atomic E-state index is -0.485. The second-order valence-corrected chi connectivity index (χ2v) is 7.28. The Morgan fingerprint density at radius 1 is 1.30 bits per heavy atom. The third-order valence-electron chi connectivity index (χ3n) is 4.32. The number of carbonyl (C=O) groups is 1. The van der Waals surface area contributed by atoms with Gasteiger partial charge in [-0.05, 0) is 24.6 Å². The number of ether oxygens (including phenoxy) is 1. The number of nitrogens with one attached hydrogen (secondary N) is 1. The maximum Gasteiger partial charge on any atom is 0.337 e. The van der Waals surface area contributed by atoms with Gasteiger partial charge < -0.3 is 14.1 Å². The first-order chi connectivity index (χ1) is 14.4. The predicted octanol–water partition coefficient (Wildman–Crippen LogP) is 2.08. The van der Waals surface area contributed by atoms with E-state index in [0.29, 0.717) is 27.8 Å². The second-order valence-electron chi connectivity index (χ2n) is 6.35. The van der Waals surface area contributed by atoms with Crippen LogP contribution >= 0.6 is 11.8 Å². The molecule has 0 atom stereocenters. The summed E-state index contributed by atoms with van der Waals surface area (Å²) in [4.78, 5) is 38.6. The largest absolute Gasteiger partial charge is 0.465 e. The van der Waals surface area contributed by atoms with Crippen molar-refractivity contribution in [1.82, 2.24) is 19.7 Å². The average Bonchev–Trinajstić information content (AvgIpc) is 3.20. The maximum absolute atomic E-state index is 12.6. The zero-order chi connectivity index (χ0) is 21.7. The van der Waals surface area contributed by atoms with Gasteiger partial charge in [0.05, 0.1) is 19.1 Å². The highest BCUT2D eigenvalue weighted by Crippen LogP contribution is 2.22. The fourth-order valence-corrected chi connectivity index (χ4v) is 3.48. The summed E-state index contributed by atoms with van der Waals surface area (Å²) in [5, 5.41) is 8.35. The molecule has 0 aliphatic heterocycles.